The van der Waals surface area contributed by atoms with Crippen molar-refractivity contribution in [2.24, 2.45) is 0 Å². The maximum Gasteiger partial charge on any atom is 0.434 e. The number of hydrogen-bond acceptors (Lipinski definition) is 8. The monoisotopic (exact) mass is 547 g/mol. The molecule has 12 heteroatoms. The van der Waals surface area contributed by atoms with Gasteiger partial charge >= 0.3 is 6.18 Å². The van der Waals surface area contributed by atoms with E-state index < -0.39 is 11.9 Å². The Balaban J connectivity index is 1.30. The van der Waals surface area contributed by atoms with Crippen molar-refractivity contribution in [2.45, 2.75) is 45.0 Å². The molecule has 1 aliphatic carbocycles. The molecular formula is C28H24F3N7O2. The highest BCUT2D eigenvalue weighted by molar-refractivity contribution is 5.83. The van der Waals surface area contributed by atoms with Crippen LogP contribution in [0.3, 0.4) is 0 Å². The average Bonchev–Trinajstić information content (AvgIpc) is 3.72. The van der Waals surface area contributed by atoms with Crippen molar-refractivity contribution < 1.29 is 22.6 Å². The van der Waals surface area contributed by atoms with Gasteiger partial charge in [-0.2, -0.15) is 18.2 Å². The first-order valence-electron chi connectivity index (χ1n) is 12.7. The third-order valence-electron chi connectivity index (χ3n) is 6.65. The van der Waals surface area contributed by atoms with E-state index in [9.17, 15) is 13.2 Å². The second-order valence-electron chi connectivity index (χ2n) is 9.36. The van der Waals surface area contributed by atoms with Crippen LogP contribution in [-0.2, 0) is 19.3 Å². The van der Waals surface area contributed by atoms with Gasteiger partial charge in [0.1, 0.15) is 24.3 Å². The number of methoxy groups -OCH3 is 1. The van der Waals surface area contributed by atoms with Crippen molar-refractivity contribution in [3.63, 3.8) is 0 Å². The van der Waals surface area contributed by atoms with Gasteiger partial charge < -0.3 is 14.0 Å². The maximum absolute atomic E-state index is 13.2. The van der Waals surface area contributed by atoms with E-state index >= 15 is 0 Å². The average molecular weight is 548 g/mol. The lowest BCUT2D eigenvalue weighted by Crippen LogP contribution is -2.05. The highest BCUT2D eigenvalue weighted by atomic mass is 19.4. The smallest absolute Gasteiger partial charge is 0.434 e. The number of halogens is 3. The lowest BCUT2D eigenvalue weighted by molar-refractivity contribution is -0.140. The highest BCUT2D eigenvalue weighted by Crippen LogP contribution is 2.45. The summed E-state index contributed by atoms with van der Waals surface area (Å²) in [4.78, 5) is 26.4. The molecule has 6 rings (SSSR count). The van der Waals surface area contributed by atoms with E-state index in [1.54, 1.807) is 50.6 Å². The molecule has 0 atom stereocenters. The Morgan fingerprint density at radius 3 is 2.48 bits per heavy atom. The lowest BCUT2D eigenvalue weighted by Gasteiger charge is -2.13. The Hall–Kier alpha value is -4.61. The summed E-state index contributed by atoms with van der Waals surface area (Å²) in [6, 6.07) is 10.6. The minimum absolute atomic E-state index is 0.161. The van der Waals surface area contributed by atoms with E-state index in [-0.39, 0.29) is 12.4 Å². The fourth-order valence-corrected chi connectivity index (χ4v) is 4.50. The van der Waals surface area contributed by atoms with E-state index in [2.05, 4.69) is 24.9 Å². The number of ether oxygens (including phenoxy) is 2. The Morgan fingerprint density at radius 2 is 1.77 bits per heavy atom. The van der Waals surface area contributed by atoms with Gasteiger partial charge in [0.25, 0.3) is 0 Å². The topological polar surface area (TPSA) is 101 Å². The van der Waals surface area contributed by atoms with Crippen LogP contribution in [0.5, 0.6) is 11.8 Å². The molecule has 0 bridgehead atoms. The molecule has 0 aliphatic heterocycles. The van der Waals surface area contributed by atoms with Gasteiger partial charge in [-0.15, -0.1) is 0 Å². The summed E-state index contributed by atoms with van der Waals surface area (Å²) in [5, 5.41) is 0.635. The second-order valence-corrected chi connectivity index (χ2v) is 9.36. The van der Waals surface area contributed by atoms with Crippen LogP contribution in [0.1, 0.15) is 42.6 Å². The number of hydrogen-bond donors (Lipinski definition) is 0. The summed E-state index contributed by atoms with van der Waals surface area (Å²) in [5.41, 5.74) is 2.37. The Labute approximate surface area is 227 Å². The number of imidazole rings is 1. The van der Waals surface area contributed by atoms with Crippen molar-refractivity contribution in [1.82, 2.24) is 34.5 Å². The molecule has 204 valence electrons. The molecule has 0 spiro atoms. The van der Waals surface area contributed by atoms with Gasteiger partial charge in [-0.25, -0.2) is 24.9 Å². The number of benzene rings is 1. The predicted octanol–water partition coefficient (Wildman–Crippen LogP) is 5.85. The van der Waals surface area contributed by atoms with Gasteiger partial charge in [0.2, 0.25) is 11.8 Å². The van der Waals surface area contributed by atoms with Crippen LogP contribution in [0, 0.1) is 0 Å². The zero-order valence-electron chi connectivity index (χ0n) is 21.7. The molecule has 0 radical (unpaired) electrons. The summed E-state index contributed by atoms with van der Waals surface area (Å²) in [6.07, 6.45) is 1.69. The van der Waals surface area contributed by atoms with Crippen LogP contribution in [0.15, 0.2) is 55.1 Å². The van der Waals surface area contributed by atoms with Gasteiger partial charge in [-0.05, 0) is 37.5 Å². The van der Waals surface area contributed by atoms with Crippen LogP contribution in [0.4, 0.5) is 13.2 Å². The molecular weight excluding hydrogens is 523 g/mol. The third kappa shape index (κ3) is 4.92. The molecule has 0 amide bonds. The van der Waals surface area contributed by atoms with Gasteiger partial charge in [0, 0.05) is 30.4 Å². The maximum atomic E-state index is 13.2. The van der Waals surface area contributed by atoms with Gasteiger partial charge in [0.05, 0.1) is 18.2 Å². The number of pyridine rings is 1. The molecule has 1 saturated carbocycles. The number of aryl methyl sites for hydroxylation is 1. The largest absolute Gasteiger partial charge is 0.480 e. The third-order valence-corrected chi connectivity index (χ3v) is 6.65. The van der Waals surface area contributed by atoms with E-state index in [1.165, 1.54) is 10.9 Å². The minimum atomic E-state index is -4.51. The molecule has 5 aromatic rings. The summed E-state index contributed by atoms with van der Waals surface area (Å²) in [7, 11) is 1.54. The van der Waals surface area contributed by atoms with Gasteiger partial charge in [0.15, 0.2) is 17.2 Å². The Kier molecular flexibility index (Phi) is 6.53. The number of alkyl halides is 3. The first kappa shape index (κ1) is 25.7. The fourth-order valence-electron chi connectivity index (χ4n) is 4.50. The van der Waals surface area contributed by atoms with Crippen molar-refractivity contribution >= 4 is 11.0 Å². The van der Waals surface area contributed by atoms with Crippen molar-refractivity contribution in [3.8, 4) is 34.5 Å². The summed E-state index contributed by atoms with van der Waals surface area (Å²) in [5.74, 6) is 1.63. The summed E-state index contributed by atoms with van der Waals surface area (Å²) in [6.45, 7) is 2.29. The van der Waals surface area contributed by atoms with E-state index in [1.807, 2.05) is 6.07 Å². The fraction of sp³-hybridized carbons (Fsp3) is 0.286. The molecule has 0 saturated heterocycles. The first-order valence-corrected chi connectivity index (χ1v) is 12.7. The molecule has 4 aromatic heterocycles. The van der Waals surface area contributed by atoms with E-state index in [0.29, 0.717) is 52.2 Å². The standard InChI is InChI=1S/C28H24F3N7O2/c1-3-38-13-20(28(29,30)31)35-25(38)18-8-6-16(7-9-18)14-40-26-19-5-4-12-32-23(19)36-24(37-26)21-22(17-10-11-17)33-15-34-27(21)39-2/h4-9,12-13,15,17H,3,10-11,14H2,1-2H3. The van der Waals surface area contributed by atoms with Crippen LogP contribution >= 0.6 is 0 Å². The number of aromatic nitrogens is 7. The molecule has 0 unspecified atom stereocenters. The van der Waals surface area contributed by atoms with Crippen LogP contribution in [-0.4, -0.2) is 41.6 Å². The molecule has 1 aliphatic rings. The normalized spacial score (nSPS) is 13.5. The van der Waals surface area contributed by atoms with E-state index in [0.717, 1.165) is 30.3 Å². The molecule has 40 heavy (non-hydrogen) atoms. The SMILES string of the molecule is CCn1cc(C(F)(F)F)nc1-c1ccc(COc2nc(-c3c(OC)ncnc3C3CC3)nc3ncccc23)cc1. The van der Waals surface area contributed by atoms with Crippen molar-refractivity contribution in [2.75, 3.05) is 7.11 Å². The second kappa shape index (κ2) is 10.2. The summed E-state index contributed by atoms with van der Waals surface area (Å²) < 4.78 is 52.7. The van der Waals surface area contributed by atoms with Gasteiger partial charge in [-0.3, -0.25) is 0 Å². The zero-order chi connectivity index (χ0) is 27.9. The molecule has 4 heterocycles. The van der Waals surface area contributed by atoms with Crippen LogP contribution < -0.4 is 9.47 Å². The summed E-state index contributed by atoms with van der Waals surface area (Å²) >= 11 is 0. The van der Waals surface area contributed by atoms with Crippen LogP contribution in [0.25, 0.3) is 33.8 Å². The van der Waals surface area contributed by atoms with Crippen molar-refractivity contribution in [3.05, 3.63) is 72.1 Å². The minimum Gasteiger partial charge on any atom is -0.480 e. The number of rotatable bonds is 8. The van der Waals surface area contributed by atoms with Crippen LogP contribution in [0.2, 0.25) is 0 Å². The zero-order valence-corrected chi connectivity index (χ0v) is 21.7. The number of nitrogens with zero attached hydrogens (tertiary/aromatic N) is 7. The predicted molar refractivity (Wildman–Crippen MR) is 140 cm³/mol. The van der Waals surface area contributed by atoms with E-state index in [4.69, 9.17) is 14.5 Å². The molecule has 9 nitrogen and oxygen atoms in total. The van der Waals surface area contributed by atoms with Crippen molar-refractivity contribution in [1.29, 1.82) is 0 Å². The molecule has 1 fully saturated rings. The lowest BCUT2D eigenvalue weighted by atomic mass is 10.1. The number of fused-ring (bicyclic) bond motifs is 1. The quantitative estimate of drug-likeness (QED) is 0.239. The Morgan fingerprint density at radius 1 is 0.975 bits per heavy atom. The Bertz CT molecular complexity index is 1680. The highest BCUT2D eigenvalue weighted by Gasteiger charge is 2.35. The van der Waals surface area contributed by atoms with Gasteiger partial charge in [-0.1, -0.05) is 24.3 Å². The molecule has 1 aromatic carbocycles. The first-order chi connectivity index (χ1) is 19.4. The molecule has 0 N–H and O–H groups in total.